The van der Waals surface area contributed by atoms with E-state index in [9.17, 15) is 9.59 Å². The predicted molar refractivity (Wildman–Crippen MR) is 93.6 cm³/mol. The highest BCUT2D eigenvalue weighted by atomic mass is 16.5. The molecule has 0 heterocycles. The first-order valence-electron chi connectivity index (χ1n) is 9.31. The highest BCUT2D eigenvalue weighted by Gasteiger charge is 2.54. The van der Waals surface area contributed by atoms with Crippen molar-refractivity contribution >= 4 is 11.8 Å². The maximum Gasteiger partial charge on any atom is 0.276 e. The third kappa shape index (κ3) is 3.37. The molecule has 1 aromatic carbocycles. The van der Waals surface area contributed by atoms with Crippen molar-refractivity contribution in [2.75, 3.05) is 6.61 Å². The molecule has 4 bridgehead atoms. The van der Waals surface area contributed by atoms with E-state index >= 15 is 0 Å². The Kier molecular flexibility index (Phi) is 4.18. The number of aryl methyl sites for hydroxylation is 1. The van der Waals surface area contributed by atoms with Crippen LogP contribution in [0.5, 0.6) is 5.75 Å². The van der Waals surface area contributed by atoms with Crippen LogP contribution in [-0.2, 0) is 9.59 Å². The summed E-state index contributed by atoms with van der Waals surface area (Å²) in [7, 11) is 0. The fraction of sp³-hybridized carbons (Fsp3) is 0.600. The molecular formula is C20H26N2O3. The van der Waals surface area contributed by atoms with Gasteiger partial charge in [-0.15, -0.1) is 0 Å². The fourth-order valence-electron chi connectivity index (χ4n) is 5.47. The molecule has 4 aliphatic carbocycles. The Balaban J connectivity index is 1.27. The smallest absolute Gasteiger partial charge is 0.276 e. The van der Waals surface area contributed by atoms with Crippen molar-refractivity contribution in [2.24, 2.45) is 23.2 Å². The van der Waals surface area contributed by atoms with Crippen LogP contribution in [0.1, 0.15) is 44.1 Å². The molecule has 5 rings (SSSR count). The van der Waals surface area contributed by atoms with E-state index in [1.807, 2.05) is 31.2 Å². The first-order chi connectivity index (χ1) is 12.0. The van der Waals surface area contributed by atoms with Crippen LogP contribution in [0.3, 0.4) is 0 Å². The lowest BCUT2D eigenvalue weighted by molar-refractivity contribution is -0.149. The summed E-state index contributed by atoms with van der Waals surface area (Å²) in [6.07, 6.45) is 6.84. The van der Waals surface area contributed by atoms with Crippen LogP contribution >= 0.6 is 0 Å². The second-order valence-corrected chi connectivity index (χ2v) is 8.30. The van der Waals surface area contributed by atoms with E-state index < -0.39 is 0 Å². The third-order valence-corrected chi connectivity index (χ3v) is 6.23. The second-order valence-electron chi connectivity index (χ2n) is 8.30. The monoisotopic (exact) mass is 342 g/mol. The quantitative estimate of drug-likeness (QED) is 0.827. The van der Waals surface area contributed by atoms with Gasteiger partial charge in [0.2, 0.25) is 5.91 Å². The van der Waals surface area contributed by atoms with Crippen LogP contribution in [0.2, 0.25) is 0 Å². The van der Waals surface area contributed by atoms with Gasteiger partial charge in [-0.1, -0.05) is 17.7 Å². The molecule has 2 amide bonds. The largest absolute Gasteiger partial charge is 0.484 e. The van der Waals surface area contributed by atoms with Gasteiger partial charge in [-0.3, -0.25) is 20.4 Å². The number of hydrogen-bond acceptors (Lipinski definition) is 3. The number of amides is 2. The zero-order chi connectivity index (χ0) is 17.4. The molecule has 0 atom stereocenters. The molecule has 4 aliphatic rings. The highest BCUT2D eigenvalue weighted by molar-refractivity contribution is 5.86. The van der Waals surface area contributed by atoms with Crippen LogP contribution in [-0.4, -0.2) is 18.4 Å². The van der Waals surface area contributed by atoms with Gasteiger partial charge in [0, 0.05) is 0 Å². The summed E-state index contributed by atoms with van der Waals surface area (Å²) in [5.41, 5.74) is 6.08. The molecular weight excluding hydrogens is 316 g/mol. The Hall–Kier alpha value is -2.04. The molecule has 25 heavy (non-hydrogen) atoms. The van der Waals surface area contributed by atoms with E-state index in [1.165, 1.54) is 19.3 Å². The van der Waals surface area contributed by atoms with E-state index in [4.69, 9.17) is 4.74 Å². The number of ether oxygens (including phenoxy) is 1. The zero-order valence-corrected chi connectivity index (χ0v) is 14.7. The number of rotatable bonds is 4. The van der Waals surface area contributed by atoms with Gasteiger partial charge >= 0.3 is 0 Å². The molecule has 0 aromatic heterocycles. The van der Waals surface area contributed by atoms with Gasteiger partial charge in [0.1, 0.15) is 5.75 Å². The number of carbonyl (C=O) groups is 2. The number of carbonyl (C=O) groups excluding carboxylic acids is 2. The van der Waals surface area contributed by atoms with Crippen molar-refractivity contribution < 1.29 is 14.3 Å². The summed E-state index contributed by atoms with van der Waals surface area (Å²) >= 11 is 0. The molecule has 1 aromatic rings. The van der Waals surface area contributed by atoms with E-state index in [0.29, 0.717) is 23.5 Å². The van der Waals surface area contributed by atoms with Crippen LogP contribution in [0.25, 0.3) is 0 Å². The molecule has 0 radical (unpaired) electrons. The van der Waals surface area contributed by atoms with Crippen molar-refractivity contribution in [3.8, 4) is 5.75 Å². The standard InChI is InChI=1S/C20H26N2O3/c1-13-2-4-17(5-3-13)25-12-18(23)21-22-19(24)20-9-14-6-15(10-20)8-16(7-14)11-20/h2-5,14-16H,6-12H2,1H3,(H,21,23)(H,22,24). The van der Waals surface area contributed by atoms with Crippen LogP contribution < -0.4 is 15.6 Å². The van der Waals surface area contributed by atoms with Gasteiger partial charge in [0.15, 0.2) is 6.61 Å². The predicted octanol–water partition coefficient (Wildman–Crippen LogP) is 2.74. The van der Waals surface area contributed by atoms with Crippen molar-refractivity contribution in [3.05, 3.63) is 29.8 Å². The highest BCUT2D eigenvalue weighted by Crippen LogP contribution is 2.59. The molecule has 5 nitrogen and oxygen atoms in total. The lowest BCUT2D eigenvalue weighted by Gasteiger charge is -2.55. The van der Waals surface area contributed by atoms with E-state index in [0.717, 1.165) is 24.8 Å². The van der Waals surface area contributed by atoms with E-state index in [-0.39, 0.29) is 23.8 Å². The Labute approximate surface area is 148 Å². The maximum absolute atomic E-state index is 12.7. The minimum Gasteiger partial charge on any atom is -0.484 e. The number of nitrogens with one attached hydrogen (secondary N) is 2. The first kappa shape index (κ1) is 16.4. The van der Waals surface area contributed by atoms with Gasteiger partial charge in [-0.25, -0.2) is 0 Å². The number of hydrogen-bond donors (Lipinski definition) is 2. The summed E-state index contributed by atoms with van der Waals surface area (Å²) in [5.74, 6) is 2.43. The molecule has 4 fully saturated rings. The molecule has 4 saturated carbocycles. The van der Waals surface area contributed by atoms with Gasteiger partial charge in [-0.05, 0) is 75.3 Å². The summed E-state index contributed by atoms with van der Waals surface area (Å²) in [4.78, 5) is 24.7. The lowest BCUT2D eigenvalue weighted by Crippen LogP contribution is -2.57. The molecule has 2 N–H and O–H groups in total. The summed E-state index contributed by atoms with van der Waals surface area (Å²) < 4.78 is 5.44. The Bertz CT molecular complexity index is 633. The number of benzene rings is 1. The Morgan fingerprint density at radius 2 is 1.56 bits per heavy atom. The number of hydrazine groups is 1. The van der Waals surface area contributed by atoms with Crippen molar-refractivity contribution in [1.29, 1.82) is 0 Å². The minimum absolute atomic E-state index is 0.00436. The lowest BCUT2D eigenvalue weighted by atomic mass is 9.49. The molecule has 0 saturated heterocycles. The molecule has 0 spiro atoms. The zero-order valence-electron chi connectivity index (χ0n) is 14.7. The molecule has 134 valence electrons. The van der Waals surface area contributed by atoms with Crippen LogP contribution in [0.15, 0.2) is 24.3 Å². The van der Waals surface area contributed by atoms with Gasteiger partial charge in [0.25, 0.3) is 5.91 Å². The van der Waals surface area contributed by atoms with E-state index in [1.54, 1.807) is 0 Å². The first-order valence-corrected chi connectivity index (χ1v) is 9.31. The second kappa shape index (κ2) is 6.36. The average molecular weight is 342 g/mol. The minimum atomic E-state index is -0.335. The Morgan fingerprint density at radius 3 is 2.12 bits per heavy atom. The topological polar surface area (TPSA) is 67.4 Å². The van der Waals surface area contributed by atoms with Crippen LogP contribution in [0, 0.1) is 30.1 Å². The van der Waals surface area contributed by atoms with Crippen molar-refractivity contribution in [1.82, 2.24) is 10.9 Å². The molecule has 0 unspecified atom stereocenters. The van der Waals surface area contributed by atoms with Crippen LogP contribution in [0.4, 0.5) is 0 Å². The summed E-state index contributed by atoms with van der Waals surface area (Å²) in [5, 5.41) is 0. The van der Waals surface area contributed by atoms with Gasteiger partial charge in [0.05, 0.1) is 5.41 Å². The normalized spacial score (nSPS) is 32.3. The fourth-order valence-corrected chi connectivity index (χ4v) is 5.47. The van der Waals surface area contributed by atoms with Crippen molar-refractivity contribution in [3.63, 3.8) is 0 Å². The summed E-state index contributed by atoms with van der Waals surface area (Å²) in [6.45, 7) is 1.89. The summed E-state index contributed by atoms with van der Waals surface area (Å²) in [6, 6.07) is 7.53. The average Bonchev–Trinajstić information content (AvgIpc) is 2.58. The van der Waals surface area contributed by atoms with Gasteiger partial charge < -0.3 is 4.74 Å². The van der Waals surface area contributed by atoms with Crippen molar-refractivity contribution in [2.45, 2.75) is 45.4 Å². The molecule has 5 heteroatoms. The Morgan fingerprint density at radius 1 is 1.00 bits per heavy atom. The SMILES string of the molecule is Cc1ccc(OCC(=O)NNC(=O)C23CC4CC(CC(C4)C2)C3)cc1. The third-order valence-electron chi connectivity index (χ3n) is 6.23. The van der Waals surface area contributed by atoms with Gasteiger partial charge in [-0.2, -0.15) is 0 Å². The maximum atomic E-state index is 12.7. The molecule has 0 aliphatic heterocycles. The van der Waals surface area contributed by atoms with E-state index in [2.05, 4.69) is 10.9 Å².